The third-order valence-electron chi connectivity index (χ3n) is 3.03. The van der Waals surface area contributed by atoms with E-state index in [0.29, 0.717) is 12.8 Å². The van der Waals surface area contributed by atoms with Crippen molar-refractivity contribution in [3.05, 3.63) is 0 Å². The molecule has 14 heavy (non-hydrogen) atoms. The van der Waals surface area contributed by atoms with E-state index >= 15 is 0 Å². The fourth-order valence-electron chi connectivity index (χ4n) is 2.06. The molecule has 82 valence electrons. The Morgan fingerprint density at radius 3 is 2.14 bits per heavy atom. The van der Waals surface area contributed by atoms with Crippen LogP contribution in [0.5, 0.6) is 0 Å². The molecule has 1 aliphatic carbocycles. The lowest BCUT2D eigenvalue weighted by Crippen LogP contribution is -2.48. The summed E-state index contributed by atoms with van der Waals surface area (Å²) in [6, 6.07) is 0. The van der Waals surface area contributed by atoms with Gasteiger partial charge in [0.05, 0.1) is 0 Å². The maximum absolute atomic E-state index is 11.7. The van der Waals surface area contributed by atoms with E-state index in [9.17, 15) is 13.2 Å². The van der Waals surface area contributed by atoms with Gasteiger partial charge in [-0.25, -0.2) is 8.42 Å². The summed E-state index contributed by atoms with van der Waals surface area (Å²) in [5.41, 5.74) is 0. The second-order valence-electron chi connectivity index (χ2n) is 3.76. The molecule has 1 aliphatic rings. The van der Waals surface area contributed by atoms with Crippen LogP contribution in [0.3, 0.4) is 0 Å². The van der Waals surface area contributed by atoms with Crippen LogP contribution in [0, 0.1) is 0 Å². The van der Waals surface area contributed by atoms with Gasteiger partial charge in [0, 0.05) is 5.75 Å². The minimum absolute atomic E-state index is 0.0840. The van der Waals surface area contributed by atoms with E-state index in [1.54, 1.807) is 0 Å². The number of hydrogen-bond donors (Lipinski definition) is 1. The Morgan fingerprint density at radius 2 is 1.79 bits per heavy atom. The molecule has 1 saturated carbocycles. The molecule has 0 aromatic carbocycles. The van der Waals surface area contributed by atoms with Gasteiger partial charge in [-0.2, -0.15) is 0 Å². The van der Waals surface area contributed by atoms with E-state index in [0.717, 1.165) is 6.42 Å². The zero-order valence-corrected chi connectivity index (χ0v) is 9.14. The molecule has 0 unspecified atom stereocenters. The third-order valence-corrected chi connectivity index (χ3v) is 5.56. The SMILES string of the molecule is CCS(=O)(=O)C1(C(=O)O)CCCCC1. The van der Waals surface area contributed by atoms with Crippen molar-refractivity contribution in [2.45, 2.75) is 43.8 Å². The Hall–Kier alpha value is -0.580. The fourth-order valence-corrected chi connectivity index (χ4v) is 3.79. The zero-order valence-electron chi connectivity index (χ0n) is 8.32. The number of rotatable bonds is 3. The minimum Gasteiger partial charge on any atom is -0.480 e. The van der Waals surface area contributed by atoms with E-state index in [1.165, 1.54) is 6.92 Å². The summed E-state index contributed by atoms with van der Waals surface area (Å²) in [6.45, 7) is 1.51. The van der Waals surface area contributed by atoms with Gasteiger partial charge in [0.15, 0.2) is 14.6 Å². The second kappa shape index (κ2) is 3.88. The molecule has 4 nitrogen and oxygen atoms in total. The van der Waals surface area contributed by atoms with Crippen LogP contribution in [0.15, 0.2) is 0 Å². The number of sulfone groups is 1. The van der Waals surface area contributed by atoms with E-state index in [2.05, 4.69) is 0 Å². The predicted octanol–water partition coefficient (Wildman–Crippen LogP) is 1.21. The molecule has 0 radical (unpaired) electrons. The summed E-state index contributed by atoms with van der Waals surface area (Å²) < 4.78 is 22.0. The van der Waals surface area contributed by atoms with Gasteiger partial charge in [-0.05, 0) is 12.8 Å². The van der Waals surface area contributed by atoms with Gasteiger partial charge >= 0.3 is 5.97 Å². The highest BCUT2D eigenvalue weighted by Crippen LogP contribution is 2.35. The van der Waals surface area contributed by atoms with Crippen molar-refractivity contribution in [1.82, 2.24) is 0 Å². The molecule has 0 spiro atoms. The van der Waals surface area contributed by atoms with Crippen LogP contribution < -0.4 is 0 Å². The lowest BCUT2D eigenvalue weighted by molar-refractivity contribution is -0.141. The van der Waals surface area contributed by atoms with Crippen molar-refractivity contribution in [2.75, 3.05) is 5.75 Å². The van der Waals surface area contributed by atoms with E-state index in [4.69, 9.17) is 5.11 Å². The van der Waals surface area contributed by atoms with Crippen molar-refractivity contribution < 1.29 is 18.3 Å². The molecule has 0 saturated heterocycles. The summed E-state index contributed by atoms with van der Waals surface area (Å²) in [5.74, 6) is -1.25. The molecule has 1 rings (SSSR count). The molecular weight excluding hydrogens is 204 g/mol. The first-order chi connectivity index (χ1) is 6.46. The Balaban J connectivity index is 3.10. The Labute approximate surface area is 84.2 Å². The standard InChI is InChI=1S/C9H16O4S/c1-2-14(12,13)9(8(10)11)6-4-3-5-7-9/h2-7H2,1H3,(H,10,11). The number of carboxylic acids is 1. The monoisotopic (exact) mass is 220 g/mol. The van der Waals surface area contributed by atoms with Crippen molar-refractivity contribution in [3.8, 4) is 0 Å². The zero-order chi connectivity index (χ0) is 10.8. The molecule has 0 amide bonds. The number of hydrogen-bond acceptors (Lipinski definition) is 3. The van der Waals surface area contributed by atoms with Gasteiger partial charge in [-0.15, -0.1) is 0 Å². The smallest absolute Gasteiger partial charge is 0.325 e. The maximum atomic E-state index is 11.7. The predicted molar refractivity (Wildman–Crippen MR) is 52.9 cm³/mol. The number of carbonyl (C=O) groups is 1. The van der Waals surface area contributed by atoms with Crippen LogP contribution in [-0.2, 0) is 14.6 Å². The van der Waals surface area contributed by atoms with E-state index in [-0.39, 0.29) is 18.6 Å². The van der Waals surface area contributed by atoms with Crippen LogP contribution in [0.25, 0.3) is 0 Å². The first-order valence-corrected chi connectivity index (χ1v) is 6.57. The quantitative estimate of drug-likeness (QED) is 0.776. The summed E-state index contributed by atoms with van der Waals surface area (Å²) >= 11 is 0. The highest BCUT2D eigenvalue weighted by atomic mass is 32.2. The lowest BCUT2D eigenvalue weighted by Gasteiger charge is -2.32. The van der Waals surface area contributed by atoms with Gasteiger partial charge in [-0.3, -0.25) is 4.79 Å². The molecule has 0 atom stereocenters. The Morgan fingerprint density at radius 1 is 1.29 bits per heavy atom. The van der Waals surface area contributed by atoms with Gasteiger partial charge in [0.25, 0.3) is 0 Å². The minimum atomic E-state index is -3.48. The number of carboxylic acid groups (broad SMARTS) is 1. The highest BCUT2D eigenvalue weighted by Gasteiger charge is 2.50. The first-order valence-electron chi connectivity index (χ1n) is 4.92. The van der Waals surface area contributed by atoms with Crippen LogP contribution in [0.4, 0.5) is 0 Å². The summed E-state index contributed by atoms with van der Waals surface area (Å²) in [7, 11) is -3.48. The first kappa shape index (κ1) is 11.5. The molecular formula is C9H16O4S. The van der Waals surface area contributed by atoms with Gasteiger partial charge < -0.3 is 5.11 Å². The van der Waals surface area contributed by atoms with Gasteiger partial charge in [0.2, 0.25) is 0 Å². The van der Waals surface area contributed by atoms with E-state index in [1.807, 2.05) is 0 Å². The molecule has 1 N–H and O–H groups in total. The topological polar surface area (TPSA) is 71.4 Å². The molecule has 0 heterocycles. The molecule has 1 fully saturated rings. The van der Waals surface area contributed by atoms with E-state index < -0.39 is 20.6 Å². The third kappa shape index (κ3) is 1.65. The molecule has 5 heteroatoms. The molecule has 0 aromatic heterocycles. The van der Waals surface area contributed by atoms with Crippen LogP contribution in [-0.4, -0.2) is 30.0 Å². The lowest BCUT2D eigenvalue weighted by atomic mass is 9.88. The Bertz CT molecular complexity index is 312. The van der Waals surface area contributed by atoms with Crippen molar-refractivity contribution in [2.24, 2.45) is 0 Å². The van der Waals surface area contributed by atoms with Crippen molar-refractivity contribution in [3.63, 3.8) is 0 Å². The highest BCUT2D eigenvalue weighted by molar-refractivity contribution is 7.93. The maximum Gasteiger partial charge on any atom is 0.325 e. The van der Waals surface area contributed by atoms with Crippen LogP contribution >= 0.6 is 0 Å². The van der Waals surface area contributed by atoms with Crippen molar-refractivity contribution >= 4 is 15.8 Å². The summed E-state index contributed by atoms with van der Waals surface area (Å²) in [6.07, 6.45) is 2.89. The van der Waals surface area contributed by atoms with Gasteiger partial charge in [0.1, 0.15) is 0 Å². The van der Waals surface area contributed by atoms with Crippen molar-refractivity contribution in [1.29, 1.82) is 0 Å². The average molecular weight is 220 g/mol. The van der Waals surface area contributed by atoms with Gasteiger partial charge in [-0.1, -0.05) is 26.2 Å². The largest absolute Gasteiger partial charge is 0.480 e. The van der Waals surface area contributed by atoms with Crippen LogP contribution in [0.2, 0.25) is 0 Å². The molecule has 0 aromatic rings. The fraction of sp³-hybridized carbons (Fsp3) is 0.889. The normalized spacial score (nSPS) is 21.8. The molecule has 0 bridgehead atoms. The second-order valence-corrected chi connectivity index (χ2v) is 6.35. The average Bonchev–Trinajstić information content (AvgIpc) is 2.18. The summed E-state index contributed by atoms with van der Waals surface area (Å²) in [4.78, 5) is 11.1. The summed E-state index contributed by atoms with van der Waals surface area (Å²) in [5, 5.41) is 9.08. The Kier molecular flexibility index (Phi) is 3.19. The van der Waals surface area contributed by atoms with Crippen LogP contribution in [0.1, 0.15) is 39.0 Å². The molecule has 0 aliphatic heterocycles. The number of aliphatic carboxylic acids is 1.